The van der Waals surface area contributed by atoms with Gasteiger partial charge in [-0.1, -0.05) is 24.4 Å². The molecule has 2 heterocycles. The summed E-state index contributed by atoms with van der Waals surface area (Å²) in [5.74, 6) is 0.490. The fourth-order valence-corrected chi connectivity index (χ4v) is 2.00. The van der Waals surface area contributed by atoms with Crippen LogP contribution in [-0.4, -0.2) is 21.2 Å². The molecule has 2 aromatic heterocycles. The molecular formula is C13H14N4OS. The van der Waals surface area contributed by atoms with Crippen molar-refractivity contribution in [3.63, 3.8) is 0 Å². The van der Waals surface area contributed by atoms with Crippen molar-refractivity contribution in [2.75, 3.05) is 11.6 Å². The van der Waals surface area contributed by atoms with Gasteiger partial charge in [-0.2, -0.15) is 0 Å². The van der Waals surface area contributed by atoms with E-state index in [2.05, 4.69) is 26.8 Å². The van der Waals surface area contributed by atoms with Crippen molar-refractivity contribution in [3.05, 3.63) is 47.0 Å². The van der Waals surface area contributed by atoms with Crippen LogP contribution in [0.15, 0.2) is 46.6 Å². The number of pyridine rings is 1. The van der Waals surface area contributed by atoms with E-state index in [0.717, 1.165) is 5.70 Å². The second-order valence-corrected chi connectivity index (χ2v) is 4.47. The number of hydrogen-bond donors (Lipinski definition) is 2. The van der Waals surface area contributed by atoms with Crippen molar-refractivity contribution in [3.8, 4) is 0 Å². The largest absolute Gasteiger partial charge is 0.340 e. The predicted octanol–water partition coefficient (Wildman–Crippen LogP) is 2.54. The van der Waals surface area contributed by atoms with E-state index in [1.54, 1.807) is 18.3 Å². The van der Waals surface area contributed by atoms with Crippen LogP contribution in [0.25, 0.3) is 10.9 Å². The van der Waals surface area contributed by atoms with Crippen molar-refractivity contribution in [2.24, 2.45) is 0 Å². The van der Waals surface area contributed by atoms with Crippen molar-refractivity contribution in [1.82, 2.24) is 15.0 Å². The van der Waals surface area contributed by atoms with Crippen molar-refractivity contribution in [2.45, 2.75) is 12.1 Å². The second kappa shape index (κ2) is 5.71. The van der Waals surface area contributed by atoms with Crippen molar-refractivity contribution in [1.29, 1.82) is 0 Å². The molecular weight excluding hydrogens is 260 g/mol. The Morgan fingerprint density at radius 1 is 1.53 bits per heavy atom. The molecule has 6 heteroatoms. The number of allylic oxidation sites excluding steroid dienone is 2. The van der Waals surface area contributed by atoms with Crippen LogP contribution in [0.2, 0.25) is 0 Å². The summed E-state index contributed by atoms with van der Waals surface area (Å²) in [6.07, 6.45) is 7.00. The van der Waals surface area contributed by atoms with Gasteiger partial charge in [-0.25, -0.2) is 9.97 Å². The number of thioether (sulfide) groups is 1. The van der Waals surface area contributed by atoms with Gasteiger partial charge in [-0.05, 0) is 25.3 Å². The molecule has 2 N–H and O–H groups in total. The number of rotatable bonds is 4. The third-order valence-corrected chi connectivity index (χ3v) is 3.12. The van der Waals surface area contributed by atoms with Gasteiger partial charge < -0.3 is 10.3 Å². The van der Waals surface area contributed by atoms with Gasteiger partial charge in [0.15, 0.2) is 5.16 Å². The second-order valence-electron chi connectivity index (χ2n) is 3.70. The van der Waals surface area contributed by atoms with Crippen LogP contribution in [0.3, 0.4) is 0 Å². The summed E-state index contributed by atoms with van der Waals surface area (Å²) in [5, 5.41) is 4.15. The molecule has 2 aromatic rings. The molecule has 0 saturated carbocycles. The van der Waals surface area contributed by atoms with Crippen LogP contribution in [0.1, 0.15) is 6.92 Å². The summed E-state index contributed by atoms with van der Waals surface area (Å²) < 4.78 is 0. The molecule has 0 saturated heterocycles. The van der Waals surface area contributed by atoms with Crippen LogP contribution in [0.5, 0.6) is 0 Å². The van der Waals surface area contributed by atoms with Gasteiger partial charge >= 0.3 is 0 Å². The van der Waals surface area contributed by atoms with Crippen LogP contribution in [-0.2, 0) is 0 Å². The first kappa shape index (κ1) is 13.4. The van der Waals surface area contributed by atoms with E-state index >= 15 is 0 Å². The summed E-state index contributed by atoms with van der Waals surface area (Å²) >= 11 is 1.43. The highest BCUT2D eigenvalue weighted by molar-refractivity contribution is 7.98. The van der Waals surface area contributed by atoms with Gasteiger partial charge in [0.25, 0.3) is 5.56 Å². The number of nitrogens with zero attached hydrogens (tertiary/aromatic N) is 2. The normalized spacial score (nSPS) is 11.6. The standard InChI is InChI=1S/C13H14N4OS/c1-4-8(5-2)15-11-10-9(6-7-14-12(10)18)16-13(17-11)19-3/h4-7H,1H2,2-3H3,(H,14,18)(H,15,16,17)/b8-5+. The zero-order chi connectivity index (χ0) is 13.8. The lowest BCUT2D eigenvalue weighted by Gasteiger charge is -2.09. The van der Waals surface area contributed by atoms with Crippen molar-refractivity contribution >= 4 is 28.5 Å². The average molecular weight is 274 g/mol. The molecule has 0 amide bonds. The predicted molar refractivity (Wildman–Crippen MR) is 79.5 cm³/mol. The molecule has 98 valence electrons. The molecule has 0 radical (unpaired) electrons. The maximum absolute atomic E-state index is 11.9. The number of anilines is 1. The number of nitrogens with one attached hydrogen (secondary N) is 2. The Bertz CT molecular complexity index is 705. The average Bonchev–Trinajstić information content (AvgIpc) is 2.44. The van der Waals surface area contributed by atoms with Gasteiger partial charge in [0.1, 0.15) is 11.2 Å². The summed E-state index contributed by atoms with van der Waals surface area (Å²) in [7, 11) is 0. The van der Waals surface area contributed by atoms with E-state index in [9.17, 15) is 4.79 Å². The minimum Gasteiger partial charge on any atom is -0.340 e. The maximum Gasteiger partial charge on any atom is 0.261 e. The van der Waals surface area contributed by atoms with E-state index in [0.29, 0.717) is 21.9 Å². The Kier molecular flexibility index (Phi) is 4.01. The lowest BCUT2D eigenvalue weighted by Crippen LogP contribution is -2.11. The van der Waals surface area contributed by atoms with Crippen LogP contribution in [0, 0.1) is 0 Å². The Labute approximate surface area is 114 Å². The first-order valence-electron chi connectivity index (χ1n) is 5.68. The fraction of sp³-hybridized carbons (Fsp3) is 0.154. The molecule has 5 nitrogen and oxygen atoms in total. The Hall–Kier alpha value is -2.08. The third kappa shape index (κ3) is 2.68. The Morgan fingerprint density at radius 2 is 2.32 bits per heavy atom. The number of H-pyrrole nitrogens is 1. The molecule has 0 aliphatic carbocycles. The van der Waals surface area contributed by atoms with E-state index in [-0.39, 0.29) is 5.56 Å². The van der Waals surface area contributed by atoms with Gasteiger partial charge in [-0.3, -0.25) is 4.79 Å². The molecule has 0 fully saturated rings. The van der Waals surface area contributed by atoms with Crippen LogP contribution in [0.4, 0.5) is 5.82 Å². The zero-order valence-electron chi connectivity index (χ0n) is 10.7. The van der Waals surface area contributed by atoms with Gasteiger partial charge in [0.2, 0.25) is 0 Å². The summed E-state index contributed by atoms with van der Waals surface area (Å²) in [5.41, 5.74) is 1.19. The highest BCUT2D eigenvalue weighted by atomic mass is 32.2. The molecule has 0 aliphatic rings. The summed E-state index contributed by atoms with van der Waals surface area (Å²) in [6.45, 7) is 5.59. The molecule has 0 spiro atoms. The third-order valence-electron chi connectivity index (χ3n) is 2.58. The molecule has 0 aromatic carbocycles. The SMILES string of the molecule is C=C/C(=C\C)Nc1nc(SC)nc2cc[nH]c(=O)c12. The quantitative estimate of drug-likeness (QED) is 0.509. The number of aromatic amines is 1. The maximum atomic E-state index is 11.9. The highest BCUT2D eigenvalue weighted by Crippen LogP contribution is 2.21. The summed E-state index contributed by atoms with van der Waals surface area (Å²) in [6, 6.07) is 1.76. The smallest absolute Gasteiger partial charge is 0.261 e. The van der Waals surface area contributed by atoms with Crippen LogP contribution >= 0.6 is 11.8 Å². The van der Waals surface area contributed by atoms with E-state index in [1.807, 2.05) is 19.3 Å². The summed E-state index contributed by atoms with van der Waals surface area (Å²) in [4.78, 5) is 23.2. The minimum atomic E-state index is -0.216. The van der Waals surface area contributed by atoms with Crippen LogP contribution < -0.4 is 10.9 Å². The fourth-order valence-electron chi connectivity index (χ4n) is 1.63. The lowest BCUT2D eigenvalue weighted by atomic mass is 10.3. The molecule has 0 atom stereocenters. The Morgan fingerprint density at radius 3 is 2.95 bits per heavy atom. The van der Waals surface area contributed by atoms with E-state index < -0.39 is 0 Å². The number of fused-ring (bicyclic) bond motifs is 1. The molecule has 0 bridgehead atoms. The minimum absolute atomic E-state index is 0.216. The number of aromatic nitrogens is 3. The zero-order valence-corrected chi connectivity index (χ0v) is 11.5. The molecule has 2 rings (SSSR count). The first-order valence-corrected chi connectivity index (χ1v) is 6.91. The van der Waals surface area contributed by atoms with Gasteiger partial charge in [-0.15, -0.1) is 0 Å². The lowest BCUT2D eigenvalue weighted by molar-refractivity contribution is 1.00. The highest BCUT2D eigenvalue weighted by Gasteiger charge is 2.10. The monoisotopic (exact) mass is 274 g/mol. The number of hydrogen-bond acceptors (Lipinski definition) is 5. The molecule has 19 heavy (non-hydrogen) atoms. The van der Waals surface area contributed by atoms with Gasteiger partial charge in [0.05, 0.1) is 5.52 Å². The van der Waals surface area contributed by atoms with E-state index in [4.69, 9.17) is 0 Å². The first-order chi connectivity index (χ1) is 9.19. The Balaban J connectivity index is 2.69. The molecule has 0 unspecified atom stereocenters. The van der Waals surface area contributed by atoms with Gasteiger partial charge in [0, 0.05) is 11.9 Å². The van der Waals surface area contributed by atoms with Crippen molar-refractivity contribution < 1.29 is 0 Å². The molecule has 0 aliphatic heterocycles. The van der Waals surface area contributed by atoms with E-state index in [1.165, 1.54) is 11.8 Å². The topological polar surface area (TPSA) is 70.7 Å².